The number of esters is 3. The molecule has 0 unspecified atom stereocenters. The van der Waals surface area contributed by atoms with E-state index in [4.69, 9.17) is 14.2 Å². The number of allylic oxidation sites excluding steroid dienone is 18. The van der Waals surface area contributed by atoms with Crippen LogP contribution in [0.15, 0.2) is 109 Å². The van der Waals surface area contributed by atoms with Gasteiger partial charge in [-0.3, -0.25) is 14.4 Å². The number of carbonyl (C=O) groups excluding carboxylic acids is 3. The smallest absolute Gasteiger partial charge is 0.306 e. The van der Waals surface area contributed by atoms with E-state index in [0.717, 1.165) is 96.3 Å². The predicted molar refractivity (Wildman–Crippen MR) is 270 cm³/mol. The molecule has 0 aromatic carbocycles. The molecule has 0 aromatic heterocycles. The van der Waals surface area contributed by atoms with Crippen LogP contribution in [0.4, 0.5) is 0 Å². The zero-order valence-corrected chi connectivity index (χ0v) is 40.5. The van der Waals surface area contributed by atoms with Crippen LogP contribution in [0.1, 0.15) is 213 Å². The molecule has 0 aliphatic rings. The van der Waals surface area contributed by atoms with Gasteiger partial charge in [0.15, 0.2) is 6.10 Å². The highest BCUT2D eigenvalue weighted by Crippen LogP contribution is 2.14. The highest BCUT2D eigenvalue weighted by Gasteiger charge is 2.19. The van der Waals surface area contributed by atoms with Gasteiger partial charge in [-0.15, -0.1) is 0 Å². The fourth-order valence-corrected chi connectivity index (χ4v) is 6.53. The molecule has 6 heteroatoms. The van der Waals surface area contributed by atoms with E-state index in [2.05, 4.69) is 130 Å². The third kappa shape index (κ3) is 49.0. The van der Waals surface area contributed by atoms with E-state index in [9.17, 15) is 14.4 Å². The number of rotatable bonds is 44. The molecule has 0 fully saturated rings. The predicted octanol–water partition coefficient (Wildman–Crippen LogP) is 16.8. The maximum atomic E-state index is 12.8. The quantitative estimate of drug-likeness (QED) is 0.0263. The van der Waals surface area contributed by atoms with E-state index >= 15 is 0 Å². The number of hydrogen-bond donors (Lipinski definition) is 0. The Kier molecular flexibility index (Phi) is 47.5. The molecule has 6 nitrogen and oxygen atoms in total. The lowest BCUT2D eigenvalue weighted by atomic mass is 10.0. The maximum Gasteiger partial charge on any atom is 0.306 e. The summed E-state index contributed by atoms with van der Waals surface area (Å²) in [6.45, 7) is 6.31. The van der Waals surface area contributed by atoms with Crippen LogP contribution in [0, 0.1) is 0 Å². The molecule has 63 heavy (non-hydrogen) atoms. The van der Waals surface area contributed by atoms with Crippen molar-refractivity contribution in [3.63, 3.8) is 0 Å². The first-order valence-corrected chi connectivity index (χ1v) is 25.4. The van der Waals surface area contributed by atoms with Gasteiger partial charge in [-0.05, 0) is 96.3 Å². The minimum Gasteiger partial charge on any atom is -0.462 e. The third-order valence-corrected chi connectivity index (χ3v) is 10.3. The largest absolute Gasteiger partial charge is 0.462 e. The number of hydrogen-bond acceptors (Lipinski definition) is 6. The molecule has 0 rings (SSSR count). The van der Waals surface area contributed by atoms with Gasteiger partial charge in [-0.25, -0.2) is 0 Å². The summed E-state index contributed by atoms with van der Waals surface area (Å²) in [7, 11) is 0. The maximum absolute atomic E-state index is 12.8. The topological polar surface area (TPSA) is 78.9 Å². The molecule has 356 valence electrons. The van der Waals surface area contributed by atoms with Crippen molar-refractivity contribution >= 4 is 17.9 Å². The first-order valence-electron chi connectivity index (χ1n) is 25.4. The normalized spacial score (nSPS) is 13.0. The van der Waals surface area contributed by atoms with Gasteiger partial charge in [-0.2, -0.15) is 0 Å². The second kappa shape index (κ2) is 50.7. The molecule has 0 aromatic rings. The van der Waals surface area contributed by atoms with Gasteiger partial charge in [0.2, 0.25) is 0 Å². The molecule has 0 aliphatic carbocycles. The third-order valence-electron chi connectivity index (χ3n) is 10.3. The second-order valence-electron chi connectivity index (χ2n) is 16.3. The highest BCUT2D eigenvalue weighted by atomic mass is 16.6. The van der Waals surface area contributed by atoms with E-state index in [0.29, 0.717) is 19.3 Å². The Morgan fingerprint density at radius 1 is 0.333 bits per heavy atom. The van der Waals surface area contributed by atoms with Crippen LogP contribution in [-0.4, -0.2) is 37.2 Å². The fourth-order valence-electron chi connectivity index (χ4n) is 6.53. The van der Waals surface area contributed by atoms with Crippen LogP contribution >= 0.6 is 0 Å². The summed E-state index contributed by atoms with van der Waals surface area (Å²) in [5.74, 6) is -1.02. The average Bonchev–Trinajstić information content (AvgIpc) is 3.28. The molecule has 0 radical (unpaired) electrons. The Labute approximate surface area is 387 Å². The highest BCUT2D eigenvalue weighted by molar-refractivity contribution is 5.71. The van der Waals surface area contributed by atoms with E-state index in [1.807, 2.05) is 0 Å². The standard InChI is InChI=1S/C57H92O6/c1-4-7-10-13-16-19-22-25-27-28-30-32-35-38-41-44-47-50-56(59)62-53-54(52-61-55(58)49-46-43-40-37-34-31-24-21-18-15-12-9-6-3)63-57(60)51-48-45-42-39-36-33-29-26-23-20-17-14-11-8-5-2/h7-8,10-11,16-17,19-20,25-27,29-30,32,36,38-39,41,54H,4-6,9,12-15,18,21-24,28,31,33-35,37,40,42-53H2,1-3H3/b10-7-,11-8-,19-16-,20-17-,27-25-,29-26-,32-30-,39-36-,41-38-/t54-/m0/s1. The van der Waals surface area contributed by atoms with Crippen LogP contribution < -0.4 is 0 Å². The fraction of sp³-hybridized carbons (Fsp3) is 0.632. The Morgan fingerprint density at radius 2 is 0.635 bits per heavy atom. The van der Waals surface area contributed by atoms with Gasteiger partial charge in [0, 0.05) is 19.3 Å². The molecule has 0 aliphatic heterocycles. The lowest BCUT2D eigenvalue weighted by Gasteiger charge is -2.18. The summed E-state index contributed by atoms with van der Waals surface area (Å²) in [5.41, 5.74) is 0. The van der Waals surface area contributed by atoms with E-state index in [1.165, 1.54) is 64.2 Å². The molecular weight excluding hydrogens is 781 g/mol. The molecule has 0 spiro atoms. The van der Waals surface area contributed by atoms with Crippen molar-refractivity contribution in [3.05, 3.63) is 109 Å². The van der Waals surface area contributed by atoms with Gasteiger partial charge in [0.25, 0.3) is 0 Å². The summed E-state index contributed by atoms with van der Waals surface area (Å²) < 4.78 is 16.7. The summed E-state index contributed by atoms with van der Waals surface area (Å²) in [6.07, 6.45) is 67.9. The zero-order valence-electron chi connectivity index (χ0n) is 40.5. The van der Waals surface area contributed by atoms with Gasteiger partial charge >= 0.3 is 17.9 Å². The van der Waals surface area contributed by atoms with Crippen molar-refractivity contribution in [3.8, 4) is 0 Å². The van der Waals surface area contributed by atoms with Gasteiger partial charge in [0.1, 0.15) is 13.2 Å². The lowest BCUT2D eigenvalue weighted by Crippen LogP contribution is -2.30. The van der Waals surface area contributed by atoms with Crippen LogP contribution in [0.25, 0.3) is 0 Å². The minimum absolute atomic E-state index is 0.113. The van der Waals surface area contributed by atoms with Gasteiger partial charge in [-0.1, -0.05) is 207 Å². The number of ether oxygens (including phenoxy) is 3. The van der Waals surface area contributed by atoms with Crippen LogP contribution in [0.3, 0.4) is 0 Å². The van der Waals surface area contributed by atoms with Crippen LogP contribution in [0.2, 0.25) is 0 Å². The molecule has 0 bridgehead atoms. The molecule has 0 heterocycles. The Morgan fingerprint density at radius 3 is 1.03 bits per heavy atom. The molecule has 0 saturated heterocycles. The average molecular weight is 873 g/mol. The summed E-state index contributed by atoms with van der Waals surface area (Å²) in [5, 5.41) is 0. The molecule has 0 amide bonds. The second-order valence-corrected chi connectivity index (χ2v) is 16.3. The van der Waals surface area contributed by atoms with Gasteiger partial charge < -0.3 is 14.2 Å². The van der Waals surface area contributed by atoms with Gasteiger partial charge in [0.05, 0.1) is 0 Å². The van der Waals surface area contributed by atoms with E-state index < -0.39 is 6.10 Å². The minimum atomic E-state index is -0.822. The zero-order chi connectivity index (χ0) is 45.8. The summed E-state index contributed by atoms with van der Waals surface area (Å²) in [6, 6.07) is 0. The first kappa shape index (κ1) is 59.1. The van der Waals surface area contributed by atoms with E-state index in [-0.39, 0.29) is 44.0 Å². The Balaban J connectivity index is 4.56. The summed E-state index contributed by atoms with van der Waals surface area (Å²) in [4.78, 5) is 37.9. The number of unbranched alkanes of at least 4 members (excludes halogenated alkanes) is 15. The SMILES string of the molecule is CC/C=C\C/C=C\C/C=C\C/C=C\C/C=C\CCCC(=O)OC[C@H](COC(=O)CCCCCCCCCCCCCCC)OC(=O)CCCC/C=C\C/C=C\C/C=C\C/C=C\CC. The van der Waals surface area contributed by atoms with Crippen molar-refractivity contribution in [2.45, 2.75) is 219 Å². The monoisotopic (exact) mass is 873 g/mol. The van der Waals surface area contributed by atoms with Crippen molar-refractivity contribution in [2.75, 3.05) is 13.2 Å². The molecule has 0 N–H and O–H groups in total. The Bertz CT molecular complexity index is 1330. The molecule has 1 atom stereocenters. The van der Waals surface area contributed by atoms with Crippen molar-refractivity contribution in [1.29, 1.82) is 0 Å². The van der Waals surface area contributed by atoms with Crippen LogP contribution in [-0.2, 0) is 28.6 Å². The lowest BCUT2D eigenvalue weighted by molar-refractivity contribution is -0.167. The van der Waals surface area contributed by atoms with Crippen molar-refractivity contribution in [1.82, 2.24) is 0 Å². The van der Waals surface area contributed by atoms with Crippen LogP contribution in [0.5, 0.6) is 0 Å². The molecule has 0 saturated carbocycles. The Hall–Kier alpha value is -3.93. The van der Waals surface area contributed by atoms with Crippen molar-refractivity contribution in [2.24, 2.45) is 0 Å². The number of carbonyl (C=O) groups is 3. The first-order chi connectivity index (χ1) is 31.0. The van der Waals surface area contributed by atoms with Crippen molar-refractivity contribution < 1.29 is 28.6 Å². The molecular formula is C57H92O6. The van der Waals surface area contributed by atoms with E-state index in [1.54, 1.807) is 0 Å². The summed E-state index contributed by atoms with van der Waals surface area (Å²) >= 11 is 0.